The Hall–Kier alpha value is -1.55. The van der Waals surface area contributed by atoms with Crippen LogP contribution in [-0.2, 0) is 0 Å². The van der Waals surface area contributed by atoms with Crippen molar-refractivity contribution in [3.63, 3.8) is 0 Å². The van der Waals surface area contributed by atoms with Crippen LogP contribution in [-0.4, -0.2) is 16.5 Å². The predicted molar refractivity (Wildman–Crippen MR) is 71.5 cm³/mol. The van der Waals surface area contributed by atoms with E-state index in [1.165, 1.54) is 10.5 Å². The normalized spacial score (nSPS) is 10.2. The second-order valence-electron chi connectivity index (χ2n) is 3.64. The quantitative estimate of drug-likeness (QED) is 0.896. The van der Waals surface area contributed by atoms with Gasteiger partial charge in [-0.1, -0.05) is 30.0 Å². The van der Waals surface area contributed by atoms with Crippen molar-refractivity contribution in [3.05, 3.63) is 42.2 Å². The topological polar surface area (TPSA) is 37.8 Å². The molecule has 2 aromatic rings. The van der Waals surface area contributed by atoms with Gasteiger partial charge < -0.3 is 5.32 Å². The molecule has 0 aliphatic carbocycles. The molecule has 1 heterocycles. The number of hydrogen-bond donors (Lipinski definition) is 1. The monoisotopic (exact) mass is 245 g/mol. The van der Waals surface area contributed by atoms with Crippen LogP contribution in [0.3, 0.4) is 0 Å². The molecule has 88 valence electrons. The Morgan fingerprint density at radius 1 is 1.24 bits per heavy atom. The molecule has 4 heteroatoms. The molecule has 0 saturated carbocycles. The third-order valence-corrected chi connectivity index (χ3v) is 3.36. The molecule has 1 N–H and O–H groups in total. The maximum atomic E-state index is 4.49. The first-order valence-electron chi connectivity index (χ1n) is 5.59. The molecule has 1 aromatic heterocycles. The van der Waals surface area contributed by atoms with Crippen molar-refractivity contribution in [2.45, 2.75) is 23.8 Å². The van der Waals surface area contributed by atoms with Crippen molar-refractivity contribution in [1.82, 2.24) is 9.97 Å². The highest BCUT2D eigenvalue weighted by atomic mass is 32.2. The lowest BCUT2D eigenvalue weighted by atomic mass is 10.2. The highest BCUT2D eigenvalue weighted by Crippen LogP contribution is 2.28. The van der Waals surface area contributed by atoms with E-state index in [-0.39, 0.29) is 0 Å². The Morgan fingerprint density at radius 3 is 2.82 bits per heavy atom. The summed E-state index contributed by atoms with van der Waals surface area (Å²) in [6.45, 7) is 5.00. The first kappa shape index (κ1) is 11.9. The first-order valence-corrected chi connectivity index (χ1v) is 6.40. The number of benzene rings is 1. The van der Waals surface area contributed by atoms with E-state index >= 15 is 0 Å². The van der Waals surface area contributed by atoms with E-state index in [0.717, 1.165) is 17.4 Å². The molecule has 0 saturated heterocycles. The van der Waals surface area contributed by atoms with Gasteiger partial charge in [0.05, 0.1) is 12.4 Å². The van der Waals surface area contributed by atoms with Crippen molar-refractivity contribution in [3.8, 4) is 0 Å². The van der Waals surface area contributed by atoms with Gasteiger partial charge in [0.15, 0.2) is 0 Å². The van der Waals surface area contributed by atoms with Crippen LogP contribution in [0, 0.1) is 6.92 Å². The van der Waals surface area contributed by atoms with Gasteiger partial charge in [0.2, 0.25) is 0 Å². The van der Waals surface area contributed by atoms with Crippen LogP contribution in [0.1, 0.15) is 12.5 Å². The molecule has 1 aromatic carbocycles. The van der Waals surface area contributed by atoms with E-state index in [0.29, 0.717) is 0 Å². The number of aryl methyl sites for hydroxylation is 1. The van der Waals surface area contributed by atoms with Gasteiger partial charge in [0, 0.05) is 11.4 Å². The fourth-order valence-electron chi connectivity index (χ4n) is 1.45. The minimum atomic E-state index is 0.825. The van der Waals surface area contributed by atoms with Crippen molar-refractivity contribution in [2.75, 3.05) is 11.9 Å². The van der Waals surface area contributed by atoms with Crippen molar-refractivity contribution < 1.29 is 0 Å². The molecule has 0 fully saturated rings. The lowest BCUT2D eigenvalue weighted by molar-refractivity contribution is 1.03. The van der Waals surface area contributed by atoms with Gasteiger partial charge in [-0.05, 0) is 25.5 Å². The summed E-state index contributed by atoms with van der Waals surface area (Å²) in [6.07, 6.45) is 3.53. The maximum Gasteiger partial charge on any atom is 0.145 e. The largest absolute Gasteiger partial charge is 0.369 e. The number of anilines is 1. The van der Waals surface area contributed by atoms with Crippen LogP contribution in [0.2, 0.25) is 0 Å². The lowest BCUT2D eigenvalue weighted by Crippen LogP contribution is -2.00. The first-order chi connectivity index (χ1) is 8.29. The molecule has 17 heavy (non-hydrogen) atoms. The predicted octanol–water partition coefficient (Wildman–Crippen LogP) is 3.37. The van der Waals surface area contributed by atoms with E-state index in [2.05, 4.69) is 34.3 Å². The zero-order valence-corrected chi connectivity index (χ0v) is 10.8. The van der Waals surface area contributed by atoms with Gasteiger partial charge >= 0.3 is 0 Å². The van der Waals surface area contributed by atoms with Crippen LogP contribution < -0.4 is 5.32 Å². The summed E-state index contributed by atoms with van der Waals surface area (Å²) in [5.74, 6) is 0.825. The Kier molecular flexibility index (Phi) is 3.98. The molecular weight excluding hydrogens is 230 g/mol. The van der Waals surface area contributed by atoms with E-state index in [4.69, 9.17) is 0 Å². The molecule has 0 aliphatic heterocycles. The summed E-state index contributed by atoms with van der Waals surface area (Å²) in [5.41, 5.74) is 1.26. The van der Waals surface area contributed by atoms with E-state index in [9.17, 15) is 0 Å². The van der Waals surface area contributed by atoms with Gasteiger partial charge in [-0.2, -0.15) is 0 Å². The van der Waals surface area contributed by atoms with Gasteiger partial charge in [0.25, 0.3) is 0 Å². The minimum absolute atomic E-state index is 0.825. The standard InChI is InChI=1S/C13H15N3S/c1-3-15-12-8-14-9-13(16-12)17-11-7-5-4-6-10(11)2/h4-9H,3H2,1-2H3,(H,15,16). The Bertz CT molecular complexity index is 500. The van der Waals surface area contributed by atoms with E-state index in [1.807, 2.05) is 19.1 Å². The summed E-state index contributed by atoms with van der Waals surface area (Å²) < 4.78 is 0. The van der Waals surface area contributed by atoms with Gasteiger partial charge in [-0.25, -0.2) is 4.98 Å². The zero-order chi connectivity index (χ0) is 12.1. The molecular formula is C13H15N3S. The summed E-state index contributed by atoms with van der Waals surface area (Å²) in [7, 11) is 0. The molecule has 0 aliphatic rings. The van der Waals surface area contributed by atoms with Gasteiger partial charge in [0.1, 0.15) is 10.8 Å². The third kappa shape index (κ3) is 3.20. The average molecular weight is 245 g/mol. The maximum absolute atomic E-state index is 4.49. The molecule has 0 unspecified atom stereocenters. The molecule has 3 nitrogen and oxygen atoms in total. The van der Waals surface area contributed by atoms with Crippen LogP contribution in [0.25, 0.3) is 0 Å². The van der Waals surface area contributed by atoms with Crippen LogP contribution in [0.4, 0.5) is 5.82 Å². The highest BCUT2D eigenvalue weighted by Gasteiger charge is 2.03. The fraction of sp³-hybridized carbons (Fsp3) is 0.231. The summed E-state index contributed by atoms with van der Waals surface area (Å²) in [4.78, 5) is 9.89. The molecule has 0 radical (unpaired) electrons. The lowest BCUT2D eigenvalue weighted by Gasteiger charge is -2.06. The van der Waals surface area contributed by atoms with Gasteiger partial charge in [-0.3, -0.25) is 4.98 Å². The average Bonchev–Trinajstić information content (AvgIpc) is 2.33. The number of nitrogens with one attached hydrogen (secondary N) is 1. The van der Waals surface area contributed by atoms with E-state index < -0.39 is 0 Å². The number of rotatable bonds is 4. The molecule has 0 amide bonds. The summed E-state index contributed by atoms with van der Waals surface area (Å²) in [6, 6.07) is 8.28. The number of hydrogen-bond acceptors (Lipinski definition) is 4. The highest BCUT2D eigenvalue weighted by molar-refractivity contribution is 7.99. The summed E-state index contributed by atoms with van der Waals surface area (Å²) in [5, 5.41) is 4.08. The van der Waals surface area contributed by atoms with Gasteiger partial charge in [-0.15, -0.1) is 0 Å². The van der Waals surface area contributed by atoms with E-state index in [1.54, 1.807) is 24.2 Å². The van der Waals surface area contributed by atoms with Crippen LogP contribution >= 0.6 is 11.8 Å². The van der Waals surface area contributed by atoms with Crippen molar-refractivity contribution >= 4 is 17.6 Å². The van der Waals surface area contributed by atoms with Crippen molar-refractivity contribution in [2.24, 2.45) is 0 Å². The van der Waals surface area contributed by atoms with Crippen LogP contribution in [0.15, 0.2) is 46.6 Å². The fourth-order valence-corrected chi connectivity index (χ4v) is 2.31. The second kappa shape index (κ2) is 5.68. The Labute approximate surface area is 106 Å². The number of nitrogens with zero attached hydrogens (tertiary/aromatic N) is 2. The minimum Gasteiger partial charge on any atom is -0.369 e. The Balaban J connectivity index is 2.18. The zero-order valence-electron chi connectivity index (χ0n) is 9.97. The van der Waals surface area contributed by atoms with Crippen LogP contribution in [0.5, 0.6) is 0 Å². The second-order valence-corrected chi connectivity index (χ2v) is 4.70. The van der Waals surface area contributed by atoms with Crippen molar-refractivity contribution in [1.29, 1.82) is 0 Å². The third-order valence-electron chi connectivity index (χ3n) is 2.28. The smallest absolute Gasteiger partial charge is 0.145 e. The molecule has 0 spiro atoms. The Morgan fingerprint density at radius 2 is 2.06 bits per heavy atom. The summed E-state index contributed by atoms with van der Waals surface area (Å²) >= 11 is 1.64. The molecule has 0 atom stereocenters. The number of aromatic nitrogens is 2. The molecule has 2 rings (SSSR count). The SMILES string of the molecule is CCNc1cncc(Sc2ccccc2C)n1. The molecule has 0 bridgehead atoms.